The molecule has 0 saturated carbocycles. The highest BCUT2D eigenvalue weighted by Gasteiger charge is 2.29. The van der Waals surface area contributed by atoms with Crippen molar-refractivity contribution in [3.8, 4) is 0 Å². The van der Waals surface area contributed by atoms with Crippen molar-refractivity contribution >= 4 is 21.6 Å². The number of carbonyl (C=O) groups excluding carboxylic acids is 1. The lowest BCUT2D eigenvalue weighted by atomic mass is 9.98. The van der Waals surface area contributed by atoms with Gasteiger partial charge >= 0.3 is 0 Å². The number of carbonyl (C=O) groups is 1. The van der Waals surface area contributed by atoms with Crippen LogP contribution in [0, 0.1) is 0 Å². The van der Waals surface area contributed by atoms with Gasteiger partial charge in [-0.15, -0.1) is 0 Å². The zero-order valence-corrected chi connectivity index (χ0v) is 17.6. The van der Waals surface area contributed by atoms with E-state index in [-0.39, 0.29) is 17.7 Å². The van der Waals surface area contributed by atoms with Gasteiger partial charge in [0.25, 0.3) is 5.91 Å². The molecule has 30 heavy (non-hydrogen) atoms. The van der Waals surface area contributed by atoms with Crippen LogP contribution >= 0.6 is 0 Å². The summed E-state index contributed by atoms with van der Waals surface area (Å²) >= 11 is 0. The van der Waals surface area contributed by atoms with E-state index in [1.54, 1.807) is 19.1 Å². The van der Waals surface area contributed by atoms with E-state index in [9.17, 15) is 13.2 Å². The second kappa shape index (κ2) is 8.32. The maximum atomic E-state index is 13.1. The topological polar surface area (TPSA) is 66.5 Å². The third-order valence-electron chi connectivity index (χ3n) is 5.44. The van der Waals surface area contributed by atoms with Gasteiger partial charge in [0, 0.05) is 12.1 Å². The lowest BCUT2D eigenvalue weighted by Crippen LogP contribution is -2.30. The maximum absolute atomic E-state index is 13.1. The van der Waals surface area contributed by atoms with Gasteiger partial charge in [-0.05, 0) is 48.2 Å². The fraction of sp³-hybridized carbons (Fsp3) is 0.208. The molecule has 0 aliphatic carbocycles. The van der Waals surface area contributed by atoms with Gasteiger partial charge in [-0.1, -0.05) is 60.7 Å². The van der Waals surface area contributed by atoms with E-state index in [0.717, 1.165) is 16.7 Å². The first-order valence-electron chi connectivity index (χ1n) is 10.0. The zero-order chi connectivity index (χ0) is 21.1. The van der Waals surface area contributed by atoms with Crippen LogP contribution in [0.1, 0.15) is 40.0 Å². The Morgan fingerprint density at radius 3 is 2.13 bits per heavy atom. The highest BCUT2D eigenvalue weighted by atomic mass is 32.2. The van der Waals surface area contributed by atoms with Crippen LogP contribution in [0.15, 0.2) is 78.9 Å². The summed E-state index contributed by atoms with van der Waals surface area (Å²) < 4.78 is 26.0. The van der Waals surface area contributed by atoms with Crippen molar-refractivity contribution in [3.05, 3.63) is 101 Å². The van der Waals surface area contributed by atoms with Gasteiger partial charge in [0.1, 0.15) is 0 Å². The molecule has 0 saturated heterocycles. The molecule has 5 nitrogen and oxygen atoms in total. The largest absolute Gasteiger partial charge is 0.341 e. The van der Waals surface area contributed by atoms with Gasteiger partial charge in [0.15, 0.2) is 0 Å². The summed E-state index contributed by atoms with van der Waals surface area (Å²) in [5.74, 6) is -0.128. The van der Waals surface area contributed by atoms with Gasteiger partial charge < -0.3 is 5.32 Å². The summed E-state index contributed by atoms with van der Waals surface area (Å²) in [6.45, 7) is 2.07. The molecule has 0 aromatic heterocycles. The van der Waals surface area contributed by atoms with E-state index in [1.165, 1.54) is 4.31 Å². The molecule has 1 aliphatic rings. The van der Waals surface area contributed by atoms with Crippen molar-refractivity contribution in [1.82, 2.24) is 5.32 Å². The molecular weight excluding hydrogens is 396 g/mol. The Balaban J connectivity index is 1.61. The summed E-state index contributed by atoms with van der Waals surface area (Å²) in [5, 5.41) is 3.14. The SMILES string of the molecule is CCS(=O)(=O)N1CCc2cc(C(=O)NC(c3ccccc3)c3ccccc3)ccc21. The van der Waals surface area contributed by atoms with Crippen molar-refractivity contribution in [2.75, 3.05) is 16.6 Å². The summed E-state index contributed by atoms with van der Waals surface area (Å²) in [7, 11) is -3.30. The fourth-order valence-corrected chi connectivity index (χ4v) is 4.98. The molecule has 3 aromatic rings. The Morgan fingerprint density at radius 1 is 0.967 bits per heavy atom. The Bertz CT molecular complexity index is 1110. The maximum Gasteiger partial charge on any atom is 0.252 e. The molecule has 3 aromatic carbocycles. The normalized spacial score (nSPS) is 13.3. The molecule has 154 valence electrons. The van der Waals surface area contributed by atoms with Gasteiger partial charge in [0.05, 0.1) is 17.5 Å². The van der Waals surface area contributed by atoms with Crippen molar-refractivity contribution in [2.45, 2.75) is 19.4 Å². The number of amides is 1. The number of nitrogens with zero attached hydrogens (tertiary/aromatic N) is 1. The van der Waals surface area contributed by atoms with Crippen molar-refractivity contribution < 1.29 is 13.2 Å². The second-order valence-corrected chi connectivity index (χ2v) is 9.48. The van der Waals surface area contributed by atoms with Crippen LogP contribution in [0.25, 0.3) is 0 Å². The smallest absolute Gasteiger partial charge is 0.252 e. The Kier molecular flexibility index (Phi) is 5.59. The molecule has 0 unspecified atom stereocenters. The molecule has 0 bridgehead atoms. The summed E-state index contributed by atoms with van der Waals surface area (Å²) in [5.41, 5.74) is 4.09. The van der Waals surface area contributed by atoms with Crippen LogP contribution < -0.4 is 9.62 Å². The van der Waals surface area contributed by atoms with Crippen molar-refractivity contribution in [3.63, 3.8) is 0 Å². The zero-order valence-electron chi connectivity index (χ0n) is 16.8. The summed E-state index contributed by atoms with van der Waals surface area (Å²) in [6, 6.07) is 24.7. The third-order valence-corrected chi connectivity index (χ3v) is 7.22. The molecule has 1 amide bonds. The van der Waals surface area contributed by atoms with E-state index in [1.807, 2.05) is 66.7 Å². The van der Waals surface area contributed by atoms with Crippen LogP contribution in [0.2, 0.25) is 0 Å². The van der Waals surface area contributed by atoms with Gasteiger partial charge in [0.2, 0.25) is 10.0 Å². The molecule has 1 heterocycles. The number of hydrogen-bond donors (Lipinski definition) is 1. The van der Waals surface area contributed by atoms with E-state index >= 15 is 0 Å². The first-order chi connectivity index (χ1) is 14.5. The molecule has 0 fully saturated rings. The molecule has 1 aliphatic heterocycles. The van der Waals surface area contributed by atoms with E-state index < -0.39 is 10.0 Å². The minimum Gasteiger partial charge on any atom is -0.341 e. The lowest BCUT2D eigenvalue weighted by Gasteiger charge is -2.21. The van der Waals surface area contributed by atoms with Crippen LogP contribution in [-0.2, 0) is 16.4 Å². The van der Waals surface area contributed by atoms with Crippen molar-refractivity contribution in [2.24, 2.45) is 0 Å². The molecule has 6 heteroatoms. The van der Waals surface area contributed by atoms with Gasteiger partial charge in [-0.25, -0.2) is 8.42 Å². The summed E-state index contributed by atoms with van der Waals surface area (Å²) in [4.78, 5) is 13.1. The molecule has 0 spiro atoms. The molecule has 4 rings (SSSR count). The molecular formula is C24H24N2O3S. The second-order valence-electron chi connectivity index (χ2n) is 7.29. The van der Waals surface area contributed by atoms with E-state index in [4.69, 9.17) is 0 Å². The standard InChI is InChI=1S/C24H24N2O3S/c1-2-30(28,29)26-16-15-20-17-21(13-14-22(20)26)24(27)25-23(18-9-5-3-6-10-18)19-11-7-4-8-12-19/h3-14,17,23H,2,15-16H2,1H3,(H,25,27). The Morgan fingerprint density at radius 2 is 1.57 bits per heavy atom. The monoisotopic (exact) mass is 420 g/mol. The van der Waals surface area contributed by atoms with Crippen molar-refractivity contribution in [1.29, 1.82) is 0 Å². The van der Waals surface area contributed by atoms with Crippen LogP contribution in [0.4, 0.5) is 5.69 Å². The van der Waals surface area contributed by atoms with E-state index in [2.05, 4.69) is 5.32 Å². The van der Waals surface area contributed by atoms with Crippen LogP contribution in [0.5, 0.6) is 0 Å². The Labute approximate surface area is 177 Å². The fourth-order valence-electron chi connectivity index (χ4n) is 3.82. The molecule has 1 N–H and O–H groups in total. The average Bonchev–Trinajstić information content (AvgIpc) is 3.22. The van der Waals surface area contributed by atoms with Gasteiger partial charge in [-0.3, -0.25) is 9.10 Å². The Hall–Kier alpha value is -3.12. The third kappa shape index (κ3) is 3.96. The predicted molar refractivity (Wildman–Crippen MR) is 119 cm³/mol. The predicted octanol–water partition coefficient (Wildman–Crippen LogP) is 3.92. The molecule has 0 radical (unpaired) electrons. The van der Waals surface area contributed by atoms with Crippen LogP contribution in [-0.4, -0.2) is 26.6 Å². The average molecular weight is 421 g/mol. The van der Waals surface area contributed by atoms with Gasteiger partial charge in [-0.2, -0.15) is 0 Å². The first-order valence-corrected chi connectivity index (χ1v) is 11.6. The lowest BCUT2D eigenvalue weighted by molar-refractivity contribution is 0.0943. The highest BCUT2D eigenvalue weighted by molar-refractivity contribution is 7.92. The quantitative estimate of drug-likeness (QED) is 0.657. The summed E-state index contributed by atoms with van der Waals surface area (Å²) in [6.07, 6.45) is 0.608. The number of hydrogen-bond acceptors (Lipinski definition) is 3. The minimum absolute atomic E-state index is 0.0600. The number of fused-ring (bicyclic) bond motifs is 1. The number of anilines is 1. The number of nitrogens with one attached hydrogen (secondary N) is 1. The minimum atomic E-state index is -3.30. The number of benzene rings is 3. The number of rotatable bonds is 6. The first kappa shape index (κ1) is 20.2. The molecule has 0 atom stereocenters. The highest BCUT2D eigenvalue weighted by Crippen LogP contribution is 2.31. The van der Waals surface area contributed by atoms with E-state index in [0.29, 0.717) is 24.2 Å². The number of sulfonamides is 1. The van der Waals surface area contributed by atoms with Crippen LogP contribution in [0.3, 0.4) is 0 Å².